The topological polar surface area (TPSA) is 86.7 Å². The van der Waals surface area contributed by atoms with Crippen molar-refractivity contribution in [1.29, 1.82) is 0 Å². The highest BCUT2D eigenvalue weighted by molar-refractivity contribution is 5.76. The van der Waals surface area contributed by atoms with Gasteiger partial charge in [0.1, 0.15) is 12.9 Å². The van der Waals surface area contributed by atoms with Crippen molar-refractivity contribution in [2.24, 2.45) is 11.8 Å². The molecular formula is C23H19N5O2. The number of fused-ring (bicyclic) bond motifs is 2. The summed E-state index contributed by atoms with van der Waals surface area (Å²) in [4.78, 5) is 25.9. The molecule has 7 heteroatoms. The summed E-state index contributed by atoms with van der Waals surface area (Å²) in [5.74, 6) is 2.50. The molecule has 7 nitrogen and oxygen atoms in total. The molecule has 3 atom stereocenters. The van der Waals surface area contributed by atoms with Crippen molar-refractivity contribution in [3.8, 4) is 0 Å². The van der Waals surface area contributed by atoms with Gasteiger partial charge in [-0.3, -0.25) is 9.36 Å². The monoisotopic (exact) mass is 397 g/mol. The van der Waals surface area contributed by atoms with Crippen LogP contribution in [0.2, 0.25) is 0 Å². The molecule has 0 spiro atoms. The van der Waals surface area contributed by atoms with Crippen LogP contribution < -0.4 is 5.56 Å². The quantitative estimate of drug-likeness (QED) is 0.525. The lowest BCUT2D eigenvalue weighted by Crippen LogP contribution is -2.22. The lowest BCUT2D eigenvalue weighted by molar-refractivity contribution is 0.364. The number of allylic oxidation sites excluding steroid dienone is 2. The van der Waals surface area contributed by atoms with Crippen molar-refractivity contribution in [2.45, 2.75) is 25.8 Å². The first-order valence-corrected chi connectivity index (χ1v) is 10.1. The Morgan fingerprint density at radius 3 is 2.83 bits per heavy atom. The summed E-state index contributed by atoms with van der Waals surface area (Å²) in [6, 6.07) is 12.3. The first kappa shape index (κ1) is 17.3. The minimum absolute atomic E-state index is 0.149. The summed E-state index contributed by atoms with van der Waals surface area (Å²) >= 11 is 0. The maximum atomic E-state index is 12.8. The average Bonchev–Trinajstić information content (AvgIpc) is 3.10. The molecule has 6 rings (SSSR count). The molecule has 2 aliphatic rings. The highest BCUT2D eigenvalue weighted by atomic mass is 16.5. The Kier molecular flexibility index (Phi) is 3.71. The number of aromatic nitrogens is 5. The van der Waals surface area contributed by atoms with Crippen LogP contribution in [0.25, 0.3) is 16.6 Å². The standard InChI is InChI=1S/C23H19N5O2/c1-13-7-8-24-21-19(13)23(29)28(12-25-21)11-18-26-22(27-30-18)20-16-9-15(10-17(16)20)14-5-3-2-4-6-14/h2-9,12,16-17,20H,10-11H2,1H3. The Morgan fingerprint density at radius 2 is 2.03 bits per heavy atom. The van der Waals surface area contributed by atoms with Gasteiger partial charge in [-0.2, -0.15) is 4.98 Å². The van der Waals surface area contributed by atoms with E-state index in [9.17, 15) is 4.79 Å². The third-order valence-corrected chi connectivity index (χ3v) is 6.24. The third kappa shape index (κ3) is 2.69. The van der Waals surface area contributed by atoms with Crippen LogP contribution in [-0.2, 0) is 6.54 Å². The van der Waals surface area contributed by atoms with Gasteiger partial charge >= 0.3 is 0 Å². The third-order valence-electron chi connectivity index (χ3n) is 6.24. The zero-order valence-electron chi connectivity index (χ0n) is 16.4. The fourth-order valence-corrected chi connectivity index (χ4v) is 4.63. The van der Waals surface area contributed by atoms with Crippen LogP contribution in [0.4, 0.5) is 0 Å². The fourth-order valence-electron chi connectivity index (χ4n) is 4.63. The summed E-state index contributed by atoms with van der Waals surface area (Å²) in [7, 11) is 0. The second-order valence-corrected chi connectivity index (χ2v) is 8.08. The molecule has 3 aromatic heterocycles. The summed E-state index contributed by atoms with van der Waals surface area (Å²) in [5, 5.41) is 4.72. The Hall–Kier alpha value is -3.61. The Labute approximate surface area is 172 Å². The van der Waals surface area contributed by atoms with E-state index in [2.05, 4.69) is 50.5 Å². The smallest absolute Gasteiger partial charge is 0.263 e. The van der Waals surface area contributed by atoms with E-state index >= 15 is 0 Å². The van der Waals surface area contributed by atoms with Gasteiger partial charge in [-0.05, 0) is 47.9 Å². The molecular weight excluding hydrogens is 378 g/mol. The zero-order chi connectivity index (χ0) is 20.2. The zero-order valence-corrected chi connectivity index (χ0v) is 16.4. The highest BCUT2D eigenvalue weighted by Crippen LogP contribution is 2.62. The first-order valence-electron chi connectivity index (χ1n) is 10.1. The molecule has 4 aromatic rings. The van der Waals surface area contributed by atoms with Gasteiger partial charge in [0.25, 0.3) is 5.56 Å². The maximum Gasteiger partial charge on any atom is 0.263 e. The molecule has 148 valence electrons. The second kappa shape index (κ2) is 6.45. The maximum absolute atomic E-state index is 12.8. The van der Waals surface area contributed by atoms with Gasteiger partial charge in [-0.1, -0.05) is 41.6 Å². The molecule has 0 saturated heterocycles. The number of benzene rings is 1. The normalized spacial score (nSPS) is 22.2. The van der Waals surface area contributed by atoms with Gasteiger partial charge in [0.05, 0.1) is 5.39 Å². The fraction of sp³-hybridized carbons (Fsp3) is 0.261. The molecule has 2 aliphatic carbocycles. The van der Waals surface area contributed by atoms with Gasteiger partial charge in [0, 0.05) is 12.1 Å². The van der Waals surface area contributed by atoms with E-state index in [0.29, 0.717) is 34.7 Å². The highest BCUT2D eigenvalue weighted by Gasteiger charge is 2.55. The molecule has 1 saturated carbocycles. The van der Waals surface area contributed by atoms with E-state index < -0.39 is 0 Å². The number of rotatable bonds is 4. The van der Waals surface area contributed by atoms with Gasteiger partial charge < -0.3 is 4.52 Å². The molecule has 0 radical (unpaired) electrons. The van der Waals surface area contributed by atoms with Crippen molar-refractivity contribution in [3.05, 3.63) is 88.2 Å². The van der Waals surface area contributed by atoms with E-state index in [4.69, 9.17) is 4.52 Å². The van der Waals surface area contributed by atoms with Crippen LogP contribution in [-0.4, -0.2) is 24.7 Å². The Morgan fingerprint density at radius 1 is 1.17 bits per heavy atom. The summed E-state index contributed by atoms with van der Waals surface area (Å²) in [5.41, 5.74) is 3.86. The van der Waals surface area contributed by atoms with Crippen LogP contribution >= 0.6 is 0 Å². The summed E-state index contributed by atoms with van der Waals surface area (Å²) < 4.78 is 6.95. The Bertz CT molecular complexity index is 1360. The SMILES string of the molecule is Cc1ccnc2ncn(Cc3nc(C4C5C=C(c6ccccc6)CC54)no3)c(=O)c12. The van der Waals surface area contributed by atoms with E-state index in [1.54, 1.807) is 6.20 Å². The molecule has 30 heavy (non-hydrogen) atoms. The number of hydrogen-bond donors (Lipinski definition) is 0. The lowest BCUT2D eigenvalue weighted by Gasteiger charge is -2.05. The number of hydrogen-bond acceptors (Lipinski definition) is 6. The molecule has 0 bridgehead atoms. The molecule has 3 heterocycles. The predicted molar refractivity (Wildman–Crippen MR) is 111 cm³/mol. The van der Waals surface area contributed by atoms with Crippen LogP contribution in [0.5, 0.6) is 0 Å². The minimum Gasteiger partial charge on any atom is -0.337 e. The molecule has 1 aromatic carbocycles. The van der Waals surface area contributed by atoms with Crippen LogP contribution in [0, 0.1) is 18.8 Å². The Balaban J connectivity index is 1.22. The van der Waals surface area contributed by atoms with E-state index in [1.165, 1.54) is 22.0 Å². The van der Waals surface area contributed by atoms with Crippen LogP contribution in [0.15, 0.2) is 64.3 Å². The second-order valence-electron chi connectivity index (χ2n) is 8.08. The molecule has 0 amide bonds. The van der Waals surface area contributed by atoms with Crippen molar-refractivity contribution in [3.63, 3.8) is 0 Å². The van der Waals surface area contributed by atoms with Gasteiger partial charge in [-0.15, -0.1) is 0 Å². The van der Waals surface area contributed by atoms with Gasteiger partial charge in [0.15, 0.2) is 11.5 Å². The summed E-state index contributed by atoms with van der Waals surface area (Å²) in [6.45, 7) is 2.08. The number of nitrogens with zero attached hydrogens (tertiary/aromatic N) is 5. The first-order chi connectivity index (χ1) is 14.7. The van der Waals surface area contributed by atoms with Crippen molar-refractivity contribution < 1.29 is 4.52 Å². The minimum atomic E-state index is -0.149. The van der Waals surface area contributed by atoms with Crippen molar-refractivity contribution >= 4 is 16.6 Å². The number of aryl methyl sites for hydroxylation is 1. The summed E-state index contributed by atoms with van der Waals surface area (Å²) in [6.07, 6.45) is 6.54. The predicted octanol–water partition coefficient (Wildman–Crippen LogP) is 3.35. The van der Waals surface area contributed by atoms with Crippen LogP contribution in [0.1, 0.15) is 35.2 Å². The van der Waals surface area contributed by atoms with Gasteiger partial charge in [0.2, 0.25) is 5.89 Å². The number of pyridine rings is 1. The largest absolute Gasteiger partial charge is 0.337 e. The molecule has 3 unspecified atom stereocenters. The van der Waals surface area contributed by atoms with Crippen LogP contribution in [0.3, 0.4) is 0 Å². The van der Waals surface area contributed by atoms with Gasteiger partial charge in [-0.25, -0.2) is 9.97 Å². The van der Waals surface area contributed by atoms with E-state index in [-0.39, 0.29) is 12.1 Å². The van der Waals surface area contributed by atoms with E-state index in [1.807, 2.05) is 19.1 Å². The van der Waals surface area contributed by atoms with Crippen molar-refractivity contribution in [2.75, 3.05) is 0 Å². The molecule has 0 aliphatic heterocycles. The van der Waals surface area contributed by atoms with E-state index in [0.717, 1.165) is 17.8 Å². The molecule has 1 fully saturated rings. The van der Waals surface area contributed by atoms with Crippen molar-refractivity contribution in [1.82, 2.24) is 24.7 Å². The molecule has 0 N–H and O–H groups in total. The average molecular weight is 397 g/mol. The lowest BCUT2D eigenvalue weighted by atomic mass is 10.0.